The van der Waals surface area contributed by atoms with E-state index < -0.39 is 0 Å². The van der Waals surface area contributed by atoms with Crippen LogP contribution in [0, 0.1) is 37.5 Å². The van der Waals surface area contributed by atoms with Crippen LogP contribution in [0.4, 0.5) is 0 Å². The number of fused-ring (bicyclic) bond motifs is 5. The molecule has 0 aromatic heterocycles. The third-order valence-corrected chi connectivity index (χ3v) is 6.61. The first-order chi connectivity index (χ1) is 9.09. The first-order valence-electron chi connectivity index (χ1n) is 7.96. The molecule has 19 heavy (non-hydrogen) atoms. The van der Waals surface area contributed by atoms with Gasteiger partial charge in [0.05, 0.1) is 0 Å². The van der Waals surface area contributed by atoms with Gasteiger partial charge >= 0.3 is 0 Å². The lowest BCUT2D eigenvalue weighted by Gasteiger charge is -2.41. The van der Waals surface area contributed by atoms with Crippen LogP contribution in [0.25, 0.3) is 0 Å². The normalized spacial score (nSPS) is 43.7. The highest BCUT2D eigenvalue weighted by atomic mass is 14.8. The molecular formula is C18H25N. The Labute approximate surface area is 116 Å². The van der Waals surface area contributed by atoms with Crippen LogP contribution in [-0.4, -0.2) is 0 Å². The Morgan fingerprint density at radius 3 is 2.68 bits per heavy atom. The number of rotatable bonds is 1. The Morgan fingerprint density at radius 1 is 1.11 bits per heavy atom. The smallest absolute Gasteiger partial charge is 0.0443 e. The van der Waals surface area contributed by atoms with E-state index in [9.17, 15) is 0 Å². The second-order valence-corrected chi connectivity index (χ2v) is 7.40. The van der Waals surface area contributed by atoms with Crippen LogP contribution in [0.3, 0.4) is 0 Å². The van der Waals surface area contributed by atoms with Gasteiger partial charge in [-0.05, 0) is 79.9 Å². The molecule has 1 heteroatoms. The third-order valence-electron chi connectivity index (χ3n) is 6.61. The lowest BCUT2D eigenvalue weighted by Crippen LogP contribution is -2.46. The van der Waals surface area contributed by atoms with Crippen molar-refractivity contribution in [3.05, 3.63) is 34.9 Å². The second kappa shape index (κ2) is 3.85. The molecule has 3 aliphatic rings. The predicted molar refractivity (Wildman–Crippen MR) is 78.8 cm³/mol. The van der Waals surface area contributed by atoms with Gasteiger partial charge in [-0.3, -0.25) is 0 Å². The first kappa shape index (κ1) is 12.0. The van der Waals surface area contributed by atoms with E-state index in [1.54, 1.807) is 0 Å². The van der Waals surface area contributed by atoms with E-state index in [4.69, 9.17) is 5.73 Å². The minimum atomic E-state index is -0.0192. The molecular weight excluding hydrogens is 230 g/mol. The van der Waals surface area contributed by atoms with E-state index in [0.717, 1.165) is 23.7 Å². The molecule has 0 amide bonds. The zero-order valence-corrected chi connectivity index (χ0v) is 12.2. The van der Waals surface area contributed by atoms with Gasteiger partial charge in [0.1, 0.15) is 0 Å². The minimum absolute atomic E-state index is 0.0192. The number of hydrogen-bond donors (Lipinski definition) is 1. The fourth-order valence-corrected chi connectivity index (χ4v) is 5.55. The molecule has 3 aliphatic carbocycles. The number of nitrogens with two attached hydrogens (primary N) is 1. The fraction of sp³-hybridized carbons (Fsp3) is 0.667. The zero-order valence-electron chi connectivity index (χ0n) is 12.2. The molecule has 5 unspecified atom stereocenters. The maximum atomic E-state index is 6.94. The highest BCUT2D eigenvalue weighted by Crippen LogP contribution is 2.64. The number of hydrogen-bond acceptors (Lipinski definition) is 1. The first-order valence-corrected chi connectivity index (χ1v) is 7.96. The van der Waals surface area contributed by atoms with Crippen LogP contribution in [0.1, 0.15) is 48.8 Å². The van der Waals surface area contributed by atoms with Crippen LogP contribution in [-0.2, 0) is 5.54 Å². The molecule has 1 aromatic rings. The van der Waals surface area contributed by atoms with Crippen molar-refractivity contribution in [1.29, 1.82) is 0 Å². The highest BCUT2D eigenvalue weighted by molar-refractivity contribution is 5.36. The van der Waals surface area contributed by atoms with Gasteiger partial charge in [-0.15, -0.1) is 0 Å². The van der Waals surface area contributed by atoms with Crippen molar-refractivity contribution < 1.29 is 0 Å². The molecule has 5 atom stereocenters. The van der Waals surface area contributed by atoms with Gasteiger partial charge in [0.2, 0.25) is 0 Å². The van der Waals surface area contributed by atoms with Crippen LogP contribution >= 0.6 is 0 Å². The van der Waals surface area contributed by atoms with Gasteiger partial charge in [0, 0.05) is 5.54 Å². The Kier molecular flexibility index (Phi) is 2.42. The topological polar surface area (TPSA) is 26.0 Å². The largest absolute Gasteiger partial charge is 0.321 e. The summed E-state index contributed by atoms with van der Waals surface area (Å²) in [6.45, 7) is 4.41. The molecule has 2 N–H and O–H groups in total. The SMILES string of the molecule is Cc1ccc(C2(N)CC3CC2C2CCCC32)cc1C. The van der Waals surface area contributed by atoms with Gasteiger partial charge in [-0.25, -0.2) is 0 Å². The van der Waals surface area contributed by atoms with Crippen molar-refractivity contribution >= 4 is 0 Å². The van der Waals surface area contributed by atoms with E-state index in [1.807, 2.05) is 0 Å². The average molecular weight is 255 g/mol. The van der Waals surface area contributed by atoms with Crippen molar-refractivity contribution in [3.8, 4) is 0 Å². The molecule has 3 fully saturated rings. The molecule has 0 aliphatic heterocycles. The van der Waals surface area contributed by atoms with E-state index in [0.29, 0.717) is 0 Å². The summed E-state index contributed by atoms with van der Waals surface area (Å²) < 4.78 is 0. The number of aryl methyl sites for hydroxylation is 2. The van der Waals surface area contributed by atoms with Gasteiger partial charge in [-0.1, -0.05) is 24.6 Å². The standard InChI is InChI=1S/C18H25N/c1-11-6-7-14(8-12(11)2)18(19)10-13-9-17(18)16-5-3-4-15(13)16/h6-8,13,15-17H,3-5,9-10,19H2,1-2H3. The van der Waals surface area contributed by atoms with Crippen molar-refractivity contribution in [1.82, 2.24) is 0 Å². The quantitative estimate of drug-likeness (QED) is 0.809. The van der Waals surface area contributed by atoms with Crippen LogP contribution in [0.5, 0.6) is 0 Å². The van der Waals surface area contributed by atoms with E-state index in [-0.39, 0.29) is 5.54 Å². The van der Waals surface area contributed by atoms with Gasteiger partial charge < -0.3 is 5.73 Å². The highest BCUT2D eigenvalue weighted by Gasteiger charge is 2.59. The molecule has 3 saturated carbocycles. The third kappa shape index (κ3) is 1.51. The summed E-state index contributed by atoms with van der Waals surface area (Å²) in [5.74, 6) is 3.63. The lowest BCUT2D eigenvalue weighted by molar-refractivity contribution is 0.156. The van der Waals surface area contributed by atoms with E-state index in [1.165, 1.54) is 48.8 Å². The summed E-state index contributed by atoms with van der Waals surface area (Å²) >= 11 is 0. The Bertz CT molecular complexity index is 520. The second-order valence-electron chi connectivity index (χ2n) is 7.40. The molecule has 0 spiro atoms. The van der Waals surface area contributed by atoms with Crippen LogP contribution in [0.2, 0.25) is 0 Å². The van der Waals surface area contributed by atoms with Gasteiger partial charge in [0.15, 0.2) is 0 Å². The zero-order chi connectivity index (χ0) is 13.2. The van der Waals surface area contributed by atoms with E-state index in [2.05, 4.69) is 32.0 Å². The summed E-state index contributed by atoms with van der Waals surface area (Å²) in [6.07, 6.45) is 7.01. The molecule has 2 bridgehead atoms. The summed E-state index contributed by atoms with van der Waals surface area (Å²) in [6, 6.07) is 6.92. The van der Waals surface area contributed by atoms with Crippen molar-refractivity contribution in [2.75, 3.05) is 0 Å². The van der Waals surface area contributed by atoms with Crippen LogP contribution < -0.4 is 5.73 Å². The summed E-state index contributed by atoms with van der Waals surface area (Å²) in [7, 11) is 0. The van der Waals surface area contributed by atoms with Crippen molar-refractivity contribution in [3.63, 3.8) is 0 Å². The summed E-state index contributed by atoms with van der Waals surface area (Å²) in [5.41, 5.74) is 11.1. The maximum Gasteiger partial charge on any atom is 0.0443 e. The van der Waals surface area contributed by atoms with E-state index >= 15 is 0 Å². The molecule has 4 rings (SSSR count). The molecule has 1 aromatic carbocycles. The predicted octanol–water partition coefficient (Wildman–Crippen LogP) is 3.91. The average Bonchev–Trinajstić information content (AvgIpc) is 3.03. The fourth-order valence-electron chi connectivity index (χ4n) is 5.55. The van der Waals surface area contributed by atoms with Crippen molar-refractivity contribution in [2.45, 2.75) is 51.5 Å². The summed E-state index contributed by atoms with van der Waals surface area (Å²) in [5, 5.41) is 0. The monoisotopic (exact) mass is 255 g/mol. The summed E-state index contributed by atoms with van der Waals surface area (Å²) in [4.78, 5) is 0. The van der Waals surface area contributed by atoms with Crippen LogP contribution in [0.15, 0.2) is 18.2 Å². The molecule has 0 heterocycles. The molecule has 1 nitrogen and oxygen atoms in total. The lowest BCUT2D eigenvalue weighted by atomic mass is 9.68. The Balaban J connectivity index is 1.73. The Hall–Kier alpha value is -0.820. The van der Waals surface area contributed by atoms with Gasteiger partial charge in [-0.2, -0.15) is 0 Å². The minimum Gasteiger partial charge on any atom is -0.321 e. The Morgan fingerprint density at radius 2 is 1.89 bits per heavy atom. The van der Waals surface area contributed by atoms with Crippen molar-refractivity contribution in [2.24, 2.45) is 29.4 Å². The maximum absolute atomic E-state index is 6.94. The number of benzene rings is 1. The molecule has 0 saturated heterocycles. The molecule has 0 radical (unpaired) electrons. The van der Waals surface area contributed by atoms with Gasteiger partial charge in [0.25, 0.3) is 0 Å². The molecule has 102 valence electrons.